The molecule has 8 heteroatoms. The maximum atomic E-state index is 6.31. The van der Waals surface area contributed by atoms with E-state index in [1.54, 1.807) is 18.3 Å². The molecular weight excluding hydrogens is 445 g/mol. The van der Waals surface area contributed by atoms with Gasteiger partial charge in [-0.3, -0.25) is 0 Å². The highest BCUT2D eigenvalue weighted by Crippen LogP contribution is 2.39. The minimum Gasteiger partial charge on any atom is -0.453 e. The number of halogens is 2. The SMILES string of the molecule is Cc1csc(Nc2ncc(Sc3cc(Cl)ccc3Cl)cc2Oc2ccccc2)n1. The van der Waals surface area contributed by atoms with Gasteiger partial charge in [0.2, 0.25) is 0 Å². The van der Waals surface area contributed by atoms with Crippen LogP contribution in [0, 0.1) is 6.92 Å². The molecule has 0 unspecified atom stereocenters. The molecule has 2 aromatic carbocycles. The fraction of sp³-hybridized carbons (Fsp3) is 0.0476. The molecule has 0 atom stereocenters. The van der Waals surface area contributed by atoms with Crippen molar-refractivity contribution >= 4 is 57.2 Å². The molecule has 2 heterocycles. The molecule has 0 spiro atoms. The Balaban J connectivity index is 1.67. The van der Waals surface area contributed by atoms with Gasteiger partial charge in [-0.05, 0) is 37.3 Å². The number of hydrogen-bond acceptors (Lipinski definition) is 6. The lowest BCUT2D eigenvalue weighted by Crippen LogP contribution is -1.97. The van der Waals surface area contributed by atoms with Crippen molar-refractivity contribution in [3.8, 4) is 11.5 Å². The second-order valence-electron chi connectivity index (χ2n) is 6.03. The van der Waals surface area contributed by atoms with Gasteiger partial charge in [-0.25, -0.2) is 9.97 Å². The van der Waals surface area contributed by atoms with Gasteiger partial charge in [-0.15, -0.1) is 11.3 Å². The normalized spacial score (nSPS) is 10.7. The lowest BCUT2D eigenvalue weighted by Gasteiger charge is -2.13. The van der Waals surface area contributed by atoms with Crippen molar-refractivity contribution < 1.29 is 4.74 Å². The minimum atomic E-state index is 0.588. The second-order valence-corrected chi connectivity index (χ2v) is 8.85. The standard InChI is InChI=1S/C21H15Cl2N3OS2/c1-13-12-28-21(25-13)26-20-18(27-15-5-3-2-4-6-15)10-16(11-24-20)29-19-9-14(22)7-8-17(19)23/h2-12H,1H3,(H,24,25,26). The Morgan fingerprint density at radius 1 is 1.07 bits per heavy atom. The summed E-state index contributed by atoms with van der Waals surface area (Å²) in [6, 6.07) is 16.9. The summed E-state index contributed by atoms with van der Waals surface area (Å²) >= 11 is 15.4. The first-order chi connectivity index (χ1) is 14.1. The summed E-state index contributed by atoms with van der Waals surface area (Å²) in [5.74, 6) is 1.90. The van der Waals surface area contributed by atoms with Crippen LogP contribution in [0.4, 0.5) is 10.9 Å². The highest BCUT2D eigenvalue weighted by Gasteiger charge is 2.13. The van der Waals surface area contributed by atoms with Gasteiger partial charge in [0.15, 0.2) is 16.7 Å². The molecule has 146 valence electrons. The van der Waals surface area contributed by atoms with Crippen molar-refractivity contribution in [2.24, 2.45) is 0 Å². The Labute approximate surface area is 186 Å². The zero-order valence-corrected chi connectivity index (χ0v) is 18.4. The van der Waals surface area contributed by atoms with Crippen LogP contribution in [0.5, 0.6) is 11.5 Å². The first-order valence-electron chi connectivity index (χ1n) is 8.62. The van der Waals surface area contributed by atoms with Gasteiger partial charge < -0.3 is 10.1 Å². The van der Waals surface area contributed by atoms with Crippen molar-refractivity contribution in [1.29, 1.82) is 0 Å². The third kappa shape index (κ3) is 5.22. The van der Waals surface area contributed by atoms with Crippen LogP contribution >= 0.6 is 46.3 Å². The highest BCUT2D eigenvalue weighted by atomic mass is 35.5. The molecule has 0 aliphatic rings. The first kappa shape index (κ1) is 20.0. The molecule has 29 heavy (non-hydrogen) atoms. The van der Waals surface area contributed by atoms with Gasteiger partial charge in [0, 0.05) is 32.5 Å². The molecule has 0 fully saturated rings. The van der Waals surface area contributed by atoms with Gasteiger partial charge >= 0.3 is 0 Å². The molecule has 0 amide bonds. The number of aromatic nitrogens is 2. The average Bonchev–Trinajstić information content (AvgIpc) is 3.12. The number of benzene rings is 2. The predicted molar refractivity (Wildman–Crippen MR) is 121 cm³/mol. The first-order valence-corrected chi connectivity index (χ1v) is 11.1. The van der Waals surface area contributed by atoms with Crippen LogP contribution in [0.25, 0.3) is 0 Å². The van der Waals surface area contributed by atoms with E-state index in [1.807, 2.05) is 54.8 Å². The van der Waals surface area contributed by atoms with Crippen LogP contribution in [-0.2, 0) is 0 Å². The predicted octanol–water partition coefficient (Wildman–Crippen LogP) is 7.84. The van der Waals surface area contributed by atoms with Crippen LogP contribution < -0.4 is 10.1 Å². The average molecular weight is 460 g/mol. The fourth-order valence-electron chi connectivity index (χ4n) is 2.46. The zero-order chi connectivity index (χ0) is 20.2. The zero-order valence-electron chi connectivity index (χ0n) is 15.2. The Morgan fingerprint density at radius 3 is 2.66 bits per heavy atom. The van der Waals surface area contributed by atoms with Crippen LogP contribution in [0.2, 0.25) is 10.0 Å². The van der Waals surface area contributed by atoms with Gasteiger partial charge in [0.1, 0.15) is 5.75 Å². The van der Waals surface area contributed by atoms with Crippen molar-refractivity contribution in [3.05, 3.63) is 81.9 Å². The molecule has 0 aliphatic heterocycles. The van der Waals surface area contributed by atoms with Gasteiger partial charge in [0.25, 0.3) is 0 Å². The number of anilines is 2. The quantitative estimate of drug-likeness (QED) is 0.318. The summed E-state index contributed by atoms with van der Waals surface area (Å²) in [5, 5.41) is 7.23. The summed E-state index contributed by atoms with van der Waals surface area (Å²) in [7, 11) is 0. The van der Waals surface area contributed by atoms with E-state index in [0.29, 0.717) is 21.6 Å². The number of nitrogens with one attached hydrogen (secondary N) is 1. The Bertz CT molecular complexity index is 1140. The summed E-state index contributed by atoms with van der Waals surface area (Å²) in [4.78, 5) is 10.7. The van der Waals surface area contributed by atoms with E-state index in [0.717, 1.165) is 26.4 Å². The second kappa shape index (κ2) is 9.05. The molecule has 0 saturated carbocycles. The topological polar surface area (TPSA) is 47.0 Å². The fourth-order valence-corrected chi connectivity index (χ4v) is 4.50. The number of hydrogen-bond donors (Lipinski definition) is 1. The van der Waals surface area contributed by atoms with E-state index >= 15 is 0 Å². The lowest BCUT2D eigenvalue weighted by molar-refractivity contribution is 0.481. The molecule has 4 aromatic rings. The summed E-state index contributed by atoms with van der Waals surface area (Å²) < 4.78 is 6.10. The lowest BCUT2D eigenvalue weighted by atomic mass is 10.3. The monoisotopic (exact) mass is 459 g/mol. The molecule has 4 rings (SSSR count). The Kier molecular flexibility index (Phi) is 6.25. The number of rotatable bonds is 6. The maximum Gasteiger partial charge on any atom is 0.188 e. The molecule has 4 nitrogen and oxygen atoms in total. The van der Waals surface area contributed by atoms with Crippen molar-refractivity contribution in [1.82, 2.24) is 9.97 Å². The van der Waals surface area contributed by atoms with E-state index in [4.69, 9.17) is 27.9 Å². The molecule has 0 radical (unpaired) electrons. The summed E-state index contributed by atoms with van der Waals surface area (Å²) in [6.45, 7) is 1.95. The van der Waals surface area contributed by atoms with Crippen LogP contribution in [-0.4, -0.2) is 9.97 Å². The van der Waals surface area contributed by atoms with Gasteiger partial charge in [-0.1, -0.05) is 53.2 Å². The minimum absolute atomic E-state index is 0.588. The van der Waals surface area contributed by atoms with Crippen molar-refractivity contribution in [2.45, 2.75) is 16.7 Å². The van der Waals surface area contributed by atoms with E-state index in [2.05, 4.69) is 15.3 Å². The van der Waals surface area contributed by atoms with Crippen LogP contribution in [0.15, 0.2) is 76.0 Å². The Morgan fingerprint density at radius 2 is 1.90 bits per heavy atom. The number of nitrogens with zero attached hydrogens (tertiary/aromatic N) is 2. The molecular formula is C21H15Cl2N3OS2. The number of pyridine rings is 1. The number of aryl methyl sites for hydroxylation is 1. The highest BCUT2D eigenvalue weighted by molar-refractivity contribution is 7.99. The molecule has 0 saturated heterocycles. The number of para-hydroxylation sites is 1. The Hall–Kier alpha value is -2.25. The molecule has 2 aromatic heterocycles. The maximum absolute atomic E-state index is 6.31. The number of ether oxygens (including phenoxy) is 1. The smallest absolute Gasteiger partial charge is 0.188 e. The largest absolute Gasteiger partial charge is 0.453 e. The van der Waals surface area contributed by atoms with Gasteiger partial charge in [0.05, 0.1) is 10.7 Å². The molecule has 0 aliphatic carbocycles. The third-order valence-corrected chi connectivity index (χ3v) is 6.33. The van der Waals surface area contributed by atoms with Crippen LogP contribution in [0.3, 0.4) is 0 Å². The molecule has 0 bridgehead atoms. The van der Waals surface area contributed by atoms with Crippen LogP contribution in [0.1, 0.15) is 5.69 Å². The van der Waals surface area contributed by atoms with Gasteiger partial charge in [-0.2, -0.15) is 0 Å². The molecule has 1 N–H and O–H groups in total. The third-order valence-electron chi connectivity index (χ3n) is 3.76. The van der Waals surface area contributed by atoms with E-state index in [9.17, 15) is 0 Å². The number of thiazole rings is 1. The van der Waals surface area contributed by atoms with E-state index < -0.39 is 0 Å². The van der Waals surface area contributed by atoms with Crippen molar-refractivity contribution in [2.75, 3.05) is 5.32 Å². The summed E-state index contributed by atoms with van der Waals surface area (Å²) in [5.41, 5.74) is 0.950. The van der Waals surface area contributed by atoms with E-state index in [-0.39, 0.29) is 0 Å². The van der Waals surface area contributed by atoms with Crippen molar-refractivity contribution in [3.63, 3.8) is 0 Å². The van der Waals surface area contributed by atoms with E-state index in [1.165, 1.54) is 23.1 Å². The summed E-state index contributed by atoms with van der Waals surface area (Å²) in [6.07, 6.45) is 1.77.